The van der Waals surface area contributed by atoms with Crippen molar-refractivity contribution in [3.05, 3.63) is 42.0 Å². The van der Waals surface area contributed by atoms with E-state index < -0.39 is 11.1 Å². The summed E-state index contributed by atoms with van der Waals surface area (Å²) in [6, 6.07) is 3.98. The maximum Gasteiger partial charge on any atom is 0.241 e. The predicted molar refractivity (Wildman–Crippen MR) is 91.7 cm³/mol. The first-order valence-electron chi connectivity index (χ1n) is 8.31. The molecule has 1 N–H and O–H groups in total. The number of aromatic nitrogens is 3. The van der Waals surface area contributed by atoms with Crippen molar-refractivity contribution in [2.24, 2.45) is 0 Å². The number of amides is 1. The fourth-order valence-corrected chi connectivity index (χ4v) is 3.51. The van der Waals surface area contributed by atoms with Gasteiger partial charge in [0.25, 0.3) is 0 Å². The highest BCUT2D eigenvalue weighted by molar-refractivity contribution is 6.07. The largest absolute Gasteiger partial charge is 0.347 e. The molecule has 6 heteroatoms. The second-order valence-corrected chi connectivity index (χ2v) is 7.23. The Morgan fingerprint density at radius 1 is 1.12 bits per heavy atom. The molecule has 1 saturated carbocycles. The average molecular weight is 323 g/mol. The van der Waals surface area contributed by atoms with Crippen LogP contribution < -0.4 is 10.2 Å². The number of fused-ring (bicyclic) bond motifs is 1. The molecule has 1 amide bonds. The molecule has 1 aliphatic heterocycles. The molecule has 4 rings (SSSR count). The van der Waals surface area contributed by atoms with Crippen LogP contribution in [0.2, 0.25) is 0 Å². The zero-order chi connectivity index (χ0) is 16.9. The second kappa shape index (κ2) is 5.00. The first-order chi connectivity index (χ1) is 11.4. The molecular formula is C18H21N5O. The van der Waals surface area contributed by atoms with Gasteiger partial charge in [0.2, 0.25) is 5.91 Å². The van der Waals surface area contributed by atoms with Crippen LogP contribution in [0.15, 0.2) is 30.7 Å². The van der Waals surface area contributed by atoms with Crippen LogP contribution in [-0.4, -0.2) is 26.5 Å². The van der Waals surface area contributed by atoms with Crippen LogP contribution in [-0.2, 0) is 10.2 Å². The first-order valence-corrected chi connectivity index (χ1v) is 8.31. The highest BCUT2D eigenvalue weighted by Crippen LogP contribution is 2.48. The van der Waals surface area contributed by atoms with Gasteiger partial charge in [-0.2, -0.15) is 0 Å². The third-order valence-corrected chi connectivity index (χ3v) is 5.10. The van der Waals surface area contributed by atoms with Gasteiger partial charge in [0.1, 0.15) is 11.5 Å². The maximum atomic E-state index is 13.2. The third-order valence-electron chi connectivity index (χ3n) is 5.10. The number of hydrogen-bond acceptors (Lipinski definition) is 5. The average Bonchev–Trinajstić information content (AvgIpc) is 2.74. The number of anilines is 2. The highest BCUT2D eigenvalue weighted by Gasteiger charge is 2.56. The molecule has 6 nitrogen and oxygen atoms in total. The second-order valence-electron chi connectivity index (χ2n) is 7.23. The summed E-state index contributed by atoms with van der Waals surface area (Å²) in [5.74, 6) is 1.50. The number of pyridine rings is 1. The zero-order valence-electron chi connectivity index (χ0n) is 14.2. The molecule has 1 fully saturated rings. The Balaban J connectivity index is 1.75. The Kier molecular flexibility index (Phi) is 3.13. The summed E-state index contributed by atoms with van der Waals surface area (Å²) in [6.45, 7) is 5.84. The van der Waals surface area contributed by atoms with Gasteiger partial charge in [0.05, 0.1) is 11.1 Å². The van der Waals surface area contributed by atoms with Crippen molar-refractivity contribution in [1.29, 1.82) is 0 Å². The van der Waals surface area contributed by atoms with Crippen LogP contribution in [0.25, 0.3) is 0 Å². The van der Waals surface area contributed by atoms with E-state index in [1.807, 2.05) is 44.0 Å². The van der Waals surface area contributed by atoms with E-state index in [0.29, 0.717) is 5.82 Å². The fourth-order valence-electron chi connectivity index (χ4n) is 3.51. The van der Waals surface area contributed by atoms with E-state index in [1.165, 1.54) is 0 Å². The fraction of sp³-hybridized carbons (Fsp3) is 0.444. The van der Waals surface area contributed by atoms with Gasteiger partial charge in [0, 0.05) is 18.6 Å². The number of rotatable bonds is 3. The Bertz CT molecular complexity index is 795. The van der Waals surface area contributed by atoms with Crippen LogP contribution >= 0.6 is 0 Å². The molecule has 0 unspecified atom stereocenters. The summed E-state index contributed by atoms with van der Waals surface area (Å²) in [4.78, 5) is 28.3. The van der Waals surface area contributed by atoms with Crippen molar-refractivity contribution in [1.82, 2.24) is 15.0 Å². The molecule has 24 heavy (non-hydrogen) atoms. The molecule has 0 saturated heterocycles. The minimum Gasteiger partial charge on any atom is -0.347 e. The van der Waals surface area contributed by atoms with E-state index in [1.54, 1.807) is 12.4 Å². The summed E-state index contributed by atoms with van der Waals surface area (Å²) in [5.41, 5.74) is 0.740. The smallest absolute Gasteiger partial charge is 0.241 e. The van der Waals surface area contributed by atoms with Gasteiger partial charge in [-0.05, 0) is 51.7 Å². The Morgan fingerprint density at radius 2 is 1.88 bits per heavy atom. The summed E-state index contributed by atoms with van der Waals surface area (Å²) in [7, 11) is 0. The standard InChI is InChI=1S/C18H21N5O/c1-12-5-6-13(21-11-12)22-18(7-4-8-18)23-15-14(19-9-10-20-15)17(2,3)16(23)24/h5-6,9-11H,4,7-8H2,1-3H3,(H,21,22). The van der Waals surface area contributed by atoms with Gasteiger partial charge in [-0.15, -0.1) is 0 Å². The summed E-state index contributed by atoms with van der Waals surface area (Å²) in [5, 5.41) is 3.50. The summed E-state index contributed by atoms with van der Waals surface area (Å²) < 4.78 is 0. The molecule has 0 spiro atoms. The molecular weight excluding hydrogens is 302 g/mol. The minimum atomic E-state index is -0.658. The maximum absolute atomic E-state index is 13.2. The van der Waals surface area contributed by atoms with Gasteiger partial charge >= 0.3 is 0 Å². The zero-order valence-corrected chi connectivity index (χ0v) is 14.2. The molecule has 0 atom stereocenters. The van der Waals surface area contributed by atoms with E-state index in [2.05, 4.69) is 20.3 Å². The van der Waals surface area contributed by atoms with Gasteiger partial charge in [-0.1, -0.05) is 6.07 Å². The molecule has 2 aliphatic rings. The van der Waals surface area contributed by atoms with Crippen molar-refractivity contribution in [3.63, 3.8) is 0 Å². The van der Waals surface area contributed by atoms with Crippen molar-refractivity contribution in [2.45, 2.75) is 51.1 Å². The highest BCUT2D eigenvalue weighted by atomic mass is 16.2. The Morgan fingerprint density at radius 3 is 2.50 bits per heavy atom. The molecule has 0 bridgehead atoms. The van der Waals surface area contributed by atoms with Gasteiger partial charge < -0.3 is 5.32 Å². The molecule has 3 heterocycles. The van der Waals surface area contributed by atoms with Crippen molar-refractivity contribution < 1.29 is 4.79 Å². The van der Waals surface area contributed by atoms with Crippen molar-refractivity contribution in [2.75, 3.05) is 10.2 Å². The molecule has 2 aromatic heterocycles. The number of aryl methyl sites for hydroxylation is 1. The third kappa shape index (κ3) is 2.02. The first kappa shape index (κ1) is 15.1. The van der Waals surface area contributed by atoms with E-state index >= 15 is 0 Å². The molecule has 1 aliphatic carbocycles. The van der Waals surface area contributed by atoms with Crippen LogP contribution in [0.5, 0.6) is 0 Å². The topological polar surface area (TPSA) is 71.0 Å². The monoisotopic (exact) mass is 323 g/mol. The SMILES string of the molecule is Cc1ccc(NC2(N3C(=O)C(C)(C)c4nccnc43)CCC2)nc1. The lowest BCUT2D eigenvalue weighted by Gasteiger charge is -2.49. The quantitative estimate of drug-likeness (QED) is 0.940. The van der Waals surface area contributed by atoms with Crippen LogP contribution in [0.3, 0.4) is 0 Å². The van der Waals surface area contributed by atoms with Gasteiger partial charge in [-0.25, -0.2) is 9.97 Å². The number of carbonyl (C=O) groups is 1. The lowest BCUT2D eigenvalue weighted by atomic mass is 9.82. The molecule has 0 radical (unpaired) electrons. The lowest BCUT2D eigenvalue weighted by Crippen LogP contribution is -2.62. The minimum absolute atomic E-state index is 0.0445. The summed E-state index contributed by atoms with van der Waals surface area (Å²) in [6.07, 6.45) is 7.95. The van der Waals surface area contributed by atoms with Crippen LogP contribution in [0.1, 0.15) is 44.4 Å². The normalized spacial score (nSPS) is 20.5. The van der Waals surface area contributed by atoms with Crippen molar-refractivity contribution >= 4 is 17.5 Å². The molecule has 0 aromatic carbocycles. The predicted octanol–water partition coefficient (Wildman–Crippen LogP) is 2.80. The Hall–Kier alpha value is -2.50. The number of hydrogen-bond donors (Lipinski definition) is 1. The van der Waals surface area contributed by atoms with Gasteiger partial charge in [0.15, 0.2) is 5.82 Å². The van der Waals surface area contributed by atoms with Gasteiger partial charge in [-0.3, -0.25) is 14.7 Å². The number of nitrogens with one attached hydrogen (secondary N) is 1. The van der Waals surface area contributed by atoms with E-state index in [0.717, 1.165) is 36.3 Å². The summed E-state index contributed by atoms with van der Waals surface area (Å²) >= 11 is 0. The van der Waals surface area contributed by atoms with E-state index in [9.17, 15) is 4.79 Å². The molecule has 2 aromatic rings. The Labute approximate surface area is 141 Å². The van der Waals surface area contributed by atoms with E-state index in [-0.39, 0.29) is 5.91 Å². The van der Waals surface area contributed by atoms with Crippen LogP contribution in [0, 0.1) is 6.92 Å². The van der Waals surface area contributed by atoms with E-state index in [4.69, 9.17) is 0 Å². The van der Waals surface area contributed by atoms with Crippen molar-refractivity contribution in [3.8, 4) is 0 Å². The number of carbonyl (C=O) groups excluding carboxylic acids is 1. The number of nitrogens with zero attached hydrogens (tertiary/aromatic N) is 4. The molecule has 124 valence electrons. The van der Waals surface area contributed by atoms with Crippen LogP contribution in [0.4, 0.5) is 11.6 Å². The lowest BCUT2D eigenvalue weighted by molar-refractivity contribution is -0.123.